The molecule has 0 fully saturated rings. The maximum Gasteiger partial charge on any atom is 0.488 e. The van der Waals surface area contributed by atoms with E-state index in [9.17, 15) is 10.0 Å². The van der Waals surface area contributed by atoms with Crippen molar-refractivity contribution < 1.29 is 10.0 Å². The van der Waals surface area contributed by atoms with E-state index in [2.05, 4.69) is 175 Å². The number of fused-ring (bicyclic) bond motifs is 6. The van der Waals surface area contributed by atoms with Crippen LogP contribution >= 0.6 is 0 Å². The molecule has 0 spiro atoms. The third-order valence-corrected chi connectivity index (χ3v) is 11.6. The second-order valence-corrected chi connectivity index (χ2v) is 15.2. The quantitative estimate of drug-likeness (QED) is 0.161. The van der Waals surface area contributed by atoms with E-state index in [1.165, 1.54) is 33.4 Å². The largest absolute Gasteiger partial charge is 0.488 e. The lowest BCUT2D eigenvalue weighted by molar-refractivity contribution is 0.426. The topological polar surface area (TPSA) is 48.6 Å². The second kappa shape index (κ2) is 13.3. The van der Waals surface area contributed by atoms with E-state index in [0.29, 0.717) is 5.46 Å². The van der Waals surface area contributed by atoms with E-state index in [4.69, 9.17) is 0 Å². The highest BCUT2D eigenvalue weighted by Crippen LogP contribution is 2.50. The van der Waals surface area contributed by atoms with Crippen molar-refractivity contribution in [2.45, 2.75) is 19.3 Å². The van der Waals surface area contributed by atoms with Gasteiger partial charge in [0.25, 0.3) is 0 Å². The molecule has 1 heterocycles. The van der Waals surface area contributed by atoms with Gasteiger partial charge >= 0.3 is 7.12 Å². The van der Waals surface area contributed by atoms with Gasteiger partial charge in [-0.15, -0.1) is 0 Å². The molecule has 0 radical (unpaired) electrons. The predicted molar refractivity (Wildman–Crippen MR) is 234 cm³/mol. The molecule has 0 saturated heterocycles. The average molecular weight is 723 g/mol. The fraction of sp³-hybridized carbons (Fsp3) is 0.0588. The molecule has 0 bridgehead atoms. The molecule has 0 atom stereocenters. The van der Waals surface area contributed by atoms with Gasteiger partial charge in [-0.25, -0.2) is 0 Å². The van der Waals surface area contributed by atoms with Gasteiger partial charge in [-0.3, -0.25) is 0 Å². The highest BCUT2D eigenvalue weighted by molar-refractivity contribution is 6.59. The Morgan fingerprint density at radius 2 is 0.964 bits per heavy atom. The van der Waals surface area contributed by atoms with Crippen molar-refractivity contribution in [3.8, 4) is 39.1 Å². The van der Waals surface area contributed by atoms with Gasteiger partial charge in [-0.05, 0) is 117 Å². The van der Waals surface area contributed by atoms with Gasteiger partial charge in [0.15, 0.2) is 0 Å². The summed E-state index contributed by atoms with van der Waals surface area (Å²) in [5.41, 5.74) is 16.6. The monoisotopic (exact) mass is 722 g/mol. The van der Waals surface area contributed by atoms with Crippen molar-refractivity contribution in [2.24, 2.45) is 0 Å². The van der Waals surface area contributed by atoms with Crippen LogP contribution in [0.1, 0.15) is 25.0 Å². The molecule has 1 aromatic heterocycles. The molecule has 0 unspecified atom stereocenters. The SMILES string of the molecule is CC1(C)c2ccccc2-c2ccc(N(c3ccc(-c4ccccc4)cc3)c3ccc(-c4ccc5c(c4)c4cc(B(O)O)ccc4n5-c4ccccc4)cc3)cc21. The van der Waals surface area contributed by atoms with Crippen LogP contribution in [0.3, 0.4) is 0 Å². The lowest BCUT2D eigenvalue weighted by atomic mass is 9.80. The molecule has 0 saturated carbocycles. The molecule has 1 aliphatic rings. The van der Waals surface area contributed by atoms with Crippen LogP contribution in [0, 0.1) is 0 Å². The van der Waals surface area contributed by atoms with E-state index in [1.54, 1.807) is 6.07 Å². The minimum absolute atomic E-state index is 0.118. The standard InChI is InChI=1S/C51H39BN2O2/c1-51(2)47-16-10-9-15-43(47)44-28-27-42(33-48(44)51)53(40-23-17-35(18-24-40)34-11-5-3-6-12-34)41-25-19-36(20-26-41)37-21-29-49-45(31-37)46-32-38(52(55)56)22-30-50(46)54(49)39-13-7-4-8-14-39/h3-33,55-56H,1-2H3. The Bertz CT molecular complexity index is 2900. The van der Waals surface area contributed by atoms with Crippen LogP contribution < -0.4 is 10.4 Å². The zero-order valence-corrected chi connectivity index (χ0v) is 31.3. The molecular weight excluding hydrogens is 683 g/mol. The van der Waals surface area contributed by atoms with Gasteiger partial charge in [0.05, 0.1) is 11.0 Å². The fourth-order valence-corrected chi connectivity index (χ4v) is 8.75. The van der Waals surface area contributed by atoms with Gasteiger partial charge in [0, 0.05) is 38.9 Å². The van der Waals surface area contributed by atoms with Gasteiger partial charge in [-0.2, -0.15) is 0 Å². The van der Waals surface area contributed by atoms with Gasteiger partial charge in [-0.1, -0.05) is 135 Å². The summed E-state index contributed by atoms with van der Waals surface area (Å²) in [6.07, 6.45) is 0. The third kappa shape index (κ3) is 5.55. The maximum atomic E-state index is 10.1. The van der Waals surface area contributed by atoms with Crippen LogP contribution in [0.15, 0.2) is 188 Å². The summed E-state index contributed by atoms with van der Waals surface area (Å²) in [5, 5.41) is 22.2. The Morgan fingerprint density at radius 1 is 0.446 bits per heavy atom. The number of anilines is 3. The zero-order valence-electron chi connectivity index (χ0n) is 31.3. The Kier molecular flexibility index (Phi) is 8.03. The summed E-state index contributed by atoms with van der Waals surface area (Å²) in [7, 11) is -1.55. The molecule has 56 heavy (non-hydrogen) atoms. The molecule has 8 aromatic carbocycles. The Morgan fingerprint density at radius 3 is 1.64 bits per heavy atom. The number of hydrogen-bond acceptors (Lipinski definition) is 3. The summed E-state index contributed by atoms with van der Waals surface area (Å²) in [4.78, 5) is 2.36. The first-order valence-corrected chi connectivity index (χ1v) is 19.2. The van der Waals surface area contributed by atoms with Gasteiger partial charge in [0.1, 0.15) is 0 Å². The highest BCUT2D eigenvalue weighted by atomic mass is 16.4. The molecule has 4 nitrogen and oxygen atoms in total. The second-order valence-electron chi connectivity index (χ2n) is 15.2. The smallest absolute Gasteiger partial charge is 0.423 e. The molecule has 5 heteroatoms. The van der Waals surface area contributed by atoms with Gasteiger partial charge in [0.2, 0.25) is 0 Å². The van der Waals surface area contributed by atoms with Crippen molar-refractivity contribution in [3.63, 3.8) is 0 Å². The fourth-order valence-electron chi connectivity index (χ4n) is 8.75. The summed E-state index contributed by atoms with van der Waals surface area (Å²) in [5.74, 6) is 0. The van der Waals surface area contributed by atoms with E-state index in [0.717, 1.165) is 55.7 Å². The highest BCUT2D eigenvalue weighted by Gasteiger charge is 2.35. The van der Waals surface area contributed by atoms with E-state index in [-0.39, 0.29) is 5.41 Å². The molecule has 10 rings (SSSR count). The summed E-state index contributed by atoms with van der Waals surface area (Å²) in [6, 6.07) is 66.4. The van der Waals surface area contributed by atoms with Crippen molar-refractivity contribution in [1.82, 2.24) is 4.57 Å². The first-order chi connectivity index (χ1) is 27.3. The molecule has 9 aromatic rings. The van der Waals surface area contributed by atoms with Crippen LogP contribution in [-0.4, -0.2) is 21.7 Å². The van der Waals surface area contributed by atoms with Crippen LogP contribution in [0.4, 0.5) is 17.1 Å². The maximum absolute atomic E-state index is 10.1. The Hall–Kier alpha value is -6.66. The number of aromatic nitrogens is 1. The van der Waals surface area contributed by atoms with Crippen molar-refractivity contribution >= 4 is 51.4 Å². The van der Waals surface area contributed by atoms with Crippen LogP contribution in [-0.2, 0) is 5.41 Å². The first kappa shape index (κ1) is 33.9. The van der Waals surface area contributed by atoms with Crippen LogP contribution in [0.25, 0.3) is 60.9 Å². The Balaban J connectivity index is 1.08. The lowest BCUT2D eigenvalue weighted by Crippen LogP contribution is -2.29. The summed E-state index contributed by atoms with van der Waals surface area (Å²) < 4.78 is 2.24. The van der Waals surface area contributed by atoms with Crippen molar-refractivity contribution in [2.75, 3.05) is 4.90 Å². The molecule has 2 N–H and O–H groups in total. The summed E-state index contributed by atoms with van der Waals surface area (Å²) >= 11 is 0. The van der Waals surface area contributed by atoms with Crippen LogP contribution in [0.2, 0.25) is 0 Å². The number of para-hydroxylation sites is 1. The minimum Gasteiger partial charge on any atom is -0.423 e. The van der Waals surface area contributed by atoms with Gasteiger partial charge < -0.3 is 19.5 Å². The third-order valence-electron chi connectivity index (χ3n) is 11.6. The lowest BCUT2D eigenvalue weighted by Gasteiger charge is -2.28. The normalized spacial score (nSPS) is 12.8. The number of rotatable bonds is 7. The molecule has 268 valence electrons. The van der Waals surface area contributed by atoms with Crippen LogP contribution in [0.5, 0.6) is 0 Å². The zero-order chi connectivity index (χ0) is 38.0. The van der Waals surface area contributed by atoms with E-state index in [1.807, 2.05) is 30.3 Å². The number of nitrogens with zero attached hydrogens (tertiary/aromatic N) is 2. The van der Waals surface area contributed by atoms with E-state index >= 15 is 0 Å². The summed E-state index contributed by atoms with van der Waals surface area (Å²) in [6.45, 7) is 4.66. The molecule has 1 aliphatic carbocycles. The number of hydrogen-bond donors (Lipinski definition) is 2. The number of benzene rings is 8. The van der Waals surface area contributed by atoms with Crippen molar-refractivity contribution in [1.29, 1.82) is 0 Å². The molecular formula is C51H39BN2O2. The minimum atomic E-state index is -1.55. The first-order valence-electron chi connectivity index (χ1n) is 19.2. The molecule has 0 amide bonds. The average Bonchev–Trinajstić information content (AvgIpc) is 3.69. The van der Waals surface area contributed by atoms with Crippen molar-refractivity contribution in [3.05, 3.63) is 199 Å². The predicted octanol–water partition coefficient (Wildman–Crippen LogP) is 11.6. The molecule has 0 aliphatic heterocycles. The Labute approximate surface area is 327 Å². The van der Waals surface area contributed by atoms with E-state index < -0.39 is 7.12 Å².